The van der Waals surface area contributed by atoms with Gasteiger partial charge in [0.25, 0.3) is 0 Å². The zero-order valence-corrected chi connectivity index (χ0v) is 10.2. The number of nitrogens with zero attached hydrogens (tertiary/aromatic N) is 2. The third kappa shape index (κ3) is 2.09. The van der Waals surface area contributed by atoms with E-state index in [4.69, 9.17) is 4.52 Å². The molecule has 1 aromatic heterocycles. The molecule has 0 N–H and O–H groups in total. The predicted molar refractivity (Wildman–Crippen MR) is 61.8 cm³/mol. The fourth-order valence-electron chi connectivity index (χ4n) is 1.31. The summed E-state index contributed by atoms with van der Waals surface area (Å²) in [6.45, 7) is 4.16. The Labute approximate surface area is 96.6 Å². The van der Waals surface area contributed by atoms with Crippen LogP contribution in [0.1, 0.15) is 17.0 Å². The number of aryl methyl sites for hydroxylation is 2. The maximum absolute atomic E-state index is 5.03. The highest BCUT2D eigenvalue weighted by atomic mass is 79.9. The Balaban J connectivity index is 2.40. The van der Waals surface area contributed by atoms with Gasteiger partial charge < -0.3 is 4.52 Å². The van der Waals surface area contributed by atoms with E-state index in [0.717, 1.165) is 5.56 Å². The fourth-order valence-corrected chi connectivity index (χ4v) is 1.53. The summed E-state index contributed by atoms with van der Waals surface area (Å²) in [5.41, 5.74) is 3.50. The van der Waals surface area contributed by atoms with Gasteiger partial charge in [-0.25, -0.2) is 0 Å². The summed E-state index contributed by atoms with van der Waals surface area (Å²) >= 11 is 3.27. The van der Waals surface area contributed by atoms with Crippen molar-refractivity contribution >= 4 is 15.9 Å². The highest BCUT2D eigenvalue weighted by Crippen LogP contribution is 2.19. The second-order valence-corrected chi connectivity index (χ2v) is 4.01. The first-order valence-corrected chi connectivity index (χ1v) is 5.79. The van der Waals surface area contributed by atoms with Crippen LogP contribution < -0.4 is 0 Å². The number of alkyl halides is 1. The van der Waals surface area contributed by atoms with Gasteiger partial charge in [0, 0.05) is 5.56 Å². The largest absolute Gasteiger partial charge is 0.338 e. The highest BCUT2D eigenvalue weighted by Gasteiger charge is 2.07. The topological polar surface area (TPSA) is 38.9 Å². The molecule has 15 heavy (non-hydrogen) atoms. The SMILES string of the molecule is Cc1ccc(-c2noc(CBr)n2)cc1C. The second-order valence-electron chi connectivity index (χ2n) is 3.44. The van der Waals surface area contributed by atoms with Crippen molar-refractivity contribution in [1.29, 1.82) is 0 Å². The van der Waals surface area contributed by atoms with Crippen LogP contribution in [-0.4, -0.2) is 10.1 Å². The van der Waals surface area contributed by atoms with Gasteiger partial charge in [-0.2, -0.15) is 4.98 Å². The molecule has 0 atom stereocenters. The van der Waals surface area contributed by atoms with Gasteiger partial charge in [0.15, 0.2) is 0 Å². The van der Waals surface area contributed by atoms with Crippen LogP contribution in [0.4, 0.5) is 0 Å². The molecule has 1 heterocycles. The minimum absolute atomic E-state index is 0.588. The van der Waals surface area contributed by atoms with Crippen LogP contribution >= 0.6 is 15.9 Å². The number of hydrogen-bond acceptors (Lipinski definition) is 3. The van der Waals surface area contributed by atoms with E-state index < -0.39 is 0 Å². The van der Waals surface area contributed by atoms with Crippen LogP contribution in [0.25, 0.3) is 11.4 Å². The maximum Gasteiger partial charge on any atom is 0.237 e. The van der Waals surface area contributed by atoms with E-state index in [2.05, 4.69) is 52.1 Å². The van der Waals surface area contributed by atoms with Crippen molar-refractivity contribution in [3.05, 3.63) is 35.2 Å². The van der Waals surface area contributed by atoms with Crippen molar-refractivity contribution in [1.82, 2.24) is 10.1 Å². The summed E-state index contributed by atoms with van der Waals surface area (Å²) in [7, 11) is 0. The Kier molecular flexibility index (Phi) is 2.86. The molecule has 4 heteroatoms. The number of aromatic nitrogens is 2. The van der Waals surface area contributed by atoms with E-state index in [1.807, 2.05) is 6.07 Å². The fraction of sp³-hybridized carbons (Fsp3) is 0.273. The number of benzene rings is 1. The molecular weight excluding hydrogens is 256 g/mol. The third-order valence-electron chi connectivity index (χ3n) is 2.35. The van der Waals surface area contributed by atoms with Crippen LogP contribution in [0.3, 0.4) is 0 Å². The molecule has 0 aliphatic carbocycles. The average Bonchev–Trinajstić information content (AvgIpc) is 2.70. The molecule has 1 aromatic carbocycles. The lowest BCUT2D eigenvalue weighted by molar-refractivity contribution is 0.392. The van der Waals surface area contributed by atoms with Gasteiger partial charge in [-0.3, -0.25) is 0 Å². The lowest BCUT2D eigenvalue weighted by Gasteiger charge is -2.00. The summed E-state index contributed by atoms with van der Waals surface area (Å²) in [5, 5.41) is 4.50. The predicted octanol–water partition coefficient (Wildman–Crippen LogP) is 3.25. The van der Waals surface area contributed by atoms with Crippen molar-refractivity contribution in [3.63, 3.8) is 0 Å². The van der Waals surface area contributed by atoms with E-state index in [1.165, 1.54) is 11.1 Å². The summed E-state index contributed by atoms with van der Waals surface area (Å²) < 4.78 is 5.03. The summed E-state index contributed by atoms with van der Waals surface area (Å²) in [4.78, 5) is 4.25. The molecule has 2 rings (SSSR count). The van der Waals surface area contributed by atoms with Crippen LogP contribution in [0.2, 0.25) is 0 Å². The Morgan fingerprint density at radius 2 is 2.07 bits per heavy atom. The maximum atomic E-state index is 5.03. The van der Waals surface area contributed by atoms with Gasteiger partial charge in [0.05, 0.1) is 5.33 Å². The van der Waals surface area contributed by atoms with Gasteiger partial charge in [-0.15, -0.1) is 0 Å². The van der Waals surface area contributed by atoms with E-state index >= 15 is 0 Å². The molecule has 0 saturated heterocycles. The van der Waals surface area contributed by atoms with E-state index in [9.17, 15) is 0 Å². The molecule has 0 unspecified atom stereocenters. The lowest BCUT2D eigenvalue weighted by Crippen LogP contribution is -1.85. The normalized spacial score (nSPS) is 10.6. The van der Waals surface area contributed by atoms with Crippen LogP contribution in [0, 0.1) is 13.8 Å². The molecule has 0 spiro atoms. The van der Waals surface area contributed by atoms with E-state index in [-0.39, 0.29) is 0 Å². The van der Waals surface area contributed by atoms with Gasteiger partial charge in [0.2, 0.25) is 11.7 Å². The van der Waals surface area contributed by atoms with Crippen molar-refractivity contribution in [3.8, 4) is 11.4 Å². The zero-order valence-electron chi connectivity index (χ0n) is 8.62. The van der Waals surface area contributed by atoms with Crippen LogP contribution in [0.5, 0.6) is 0 Å². The highest BCUT2D eigenvalue weighted by molar-refractivity contribution is 9.08. The molecular formula is C11H11BrN2O. The summed E-state index contributed by atoms with van der Waals surface area (Å²) in [5.74, 6) is 1.25. The molecule has 0 bridgehead atoms. The molecule has 0 radical (unpaired) electrons. The number of rotatable bonds is 2. The Hall–Kier alpha value is -1.16. The zero-order chi connectivity index (χ0) is 10.8. The van der Waals surface area contributed by atoms with Crippen LogP contribution in [0.15, 0.2) is 22.7 Å². The van der Waals surface area contributed by atoms with Gasteiger partial charge in [0.1, 0.15) is 0 Å². The Bertz CT molecular complexity index is 479. The summed E-state index contributed by atoms with van der Waals surface area (Å²) in [6.07, 6.45) is 0. The van der Waals surface area contributed by atoms with Gasteiger partial charge >= 0.3 is 0 Å². The van der Waals surface area contributed by atoms with Gasteiger partial charge in [-0.1, -0.05) is 33.2 Å². The van der Waals surface area contributed by atoms with Crippen molar-refractivity contribution < 1.29 is 4.52 Å². The third-order valence-corrected chi connectivity index (χ3v) is 2.83. The van der Waals surface area contributed by atoms with Crippen molar-refractivity contribution in [2.75, 3.05) is 0 Å². The molecule has 2 aromatic rings. The Morgan fingerprint density at radius 3 is 2.67 bits per heavy atom. The molecule has 0 saturated carbocycles. The van der Waals surface area contributed by atoms with Crippen molar-refractivity contribution in [2.45, 2.75) is 19.2 Å². The Morgan fingerprint density at radius 1 is 1.27 bits per heavy atom. The summed E-state index contributed by atoms with van der Waals surface area (Å²) in [6, 6.07) is 6.14. The molecule has 3 nitrogen and oxygen atoms in total. The first-order chi connectivity index (χ1) is 7.20. The number of halogens is 1. The number of hydrogen-bond donors (Lipinski definition) is 0. The minimum atomic E-state index is 0.588. The van der Waals surface area contributed by atoms with Gasteiger partial charge in [-0.05, 0) is 31.0 Å². The lowest BCUT2D eigenvalue weighted by atomic mass is 10.1. The molecule has 0 amide bonds. The monoisotopic (exact) mass is 266 g/mol. The first kappa shape index (κ1) is 10.4. The van der Waals surface area contributed by atoms with E-state index in [1.54, 1.807) is 0 Å². The van der Waals surface area contributed by atoms with E-state index in [0.29, 0.717) is 17.0 Å². The second kappa shape index (κ2) is 4.14. The van der Waals surface area contributed by atoms with Crippen LogP contribution in [-0.2, 0) is 5.33 Å². The standard InChI is InChI=1S/C11H11BrN2O/c1-7-3-4-9(5-8(7)2)11-13-10(6-12)15-14-11/h3-5H,6H2,1-2H3. The molecule has 0 aliphatic heterocycles. The molecule has 0 fully saturated rings. The molecule has 78 valence electrons. The van der Waals surface area contributed by atoms with Crippen molar-refractivity contribution in [2.24, 2.45) is 0 Å². The molecule has 0 aliphatic rings. The minimum Gasteiger partial charge on any atom is -0.338 e. The smallest absolute Gasteiger partial charge is 0.237 e. The first-order valence-electron chi connectivity index (χ1n) is 4.67. The quantitative estimate of drug-likeness (QED) is 0.784. The average molecular weight is 267 g/mol.